The standard InChI is InChI=1S/C29H39F2N7O2/c1-19-3-4-23-24(15-19)38(28(33-23)27(30)31)26-16-25(37-11-14-40-18-20(37)2)34-29(35-26)32-17-21-5-9-36(10-6-21)22-7-12-39-13-8-22/h3-4,15-16,20-22,27H,5-14,17-18H2,1-2H3,(H,32,34,35)/t20-/m1/s1. The summed E-state index contributed by atoms with van der Waals surface area (Å²) in [6.07, 6.45) is 1.72. The summed E-state index contributed by atoms with van der Waals surface area (Å²) in [4.78, 5) is 18.7. The van der Waals surface area contributed by atoms with E-state index in [-0.39, 0.29) is 11.9 Å². The third-order valence-corrected chi connectivity index (χ3v) is 8.53. The molecule has 6 rings (SSSR count). The molecule has 0 aliphatic carbocycles. The topological polar surface area (TPSA) is 80.6 Å². The summed E-state index contributed by atoms with van der Waals surface area (Å²) in [5.74, 6) is 1.73. The molecule has 3 saturated heterocycles. The molecule has 3 aliphatic heterocycles. The number of likely N-dealkylation sites (tertiary alicyclic amines) is 1. The monoisotopic (exact) mass is 555 g/mol. The van der Waals surface area contributed by atoms with Crippen molar-refractivity contribution in [3.05, 3.63) is 35.7 Å². The summed E-state index contributed by atoms with van der Waals surface area (Å²) in [7, 11) is 0. The van der Waals surface area contributed by atoms with Crippen LogP contribution in [0.4, 0.5) is 20.5 Å². The number of ether oxygens (including phenoxy) is 2. The van der Waals surface area contributed by atoms with Gasteiger partial charge in [-0.05, 0) is 76.2 Å². The molecule has 216 valence electrons. The first-order valence-corrected chi connectivity index (χ1v) is 14.5. The molecule has 0 bridgehead atoms. The second-order valence-corrected chi connectivity index (χ2v) is 11.3. The summed E-state index contributed by atoms with van der Waals surface area (Å²) in [6.45, 7) is 10.5. The minimum atomic E-state index is -2.74. The van der Waals surface area contributed by atoms with Gasteiger partial charge in [0, 0.05) is 38.4 Å². The Hall–Kier alpha value is -2.89. The summed E-state index contributed by atoms with van der Waals surface area (Å²) in [6, 6.07) is 8.09. The molecular formula is C29H39F2N7O2. The predicted molar refractivity (Wildman–Crippen MR) is 151 cm³/mol. The van der Waals surface area contributed by atoms with Gasteiger partial charge in [-0.25, -0.2) is 13.8 Å². The maximum absolute atomic E-state index is 14.2. The highest BCUT2D eigenvalue weighted by Gasteiger charge is 2.28. The molecule has 1 aromatic carbocycles. The summed E-state index contributed by atoms with van der Waals surface area (Å²) >= 11 is 0. The molecule has 1 atom stereocenters. The molecule has 9 nitrogen and oxygen atoms in total. The van der Waals surface area contributed by atoms with Crippen LogP contribution < -0.4 is 10.2 Å². The first-order valence-electron chi connectivity index (χ1n) is 14.5. The number of aromatic nitrogens is 4. The van der Waals surface area contributed by atoms with Crippen LogP contribution in [0, 0.1) is 12.8 Å². The van der Waals surface area contributed by atoms with E-state index in [0.717, 1.165) is 64.1 Å². The minimum absolute atomic E-state index is 0.107. The van der Waals surface area contributed by atoms with Gasteiger partial charge in [0.05, 0.1) is 30.3 Å². The van der Waals surface area contributed by atoms with Gasteiger partial charge in [0.2, 0.25) is 5.95 Å². The maximum Gasteiger partial charge on any atom is 0.296 e. The Kier molecular flexibility index (Phi) is 8.13. The summed E-state index contributed by atoms with van der Waals surface area (Å²) in [5, 5.41) is 3.47. The molecular weight excluding hydrogens is 516 g/mol. The second kappa shape index (κ2) is 11.9. The average Bonchev–Trinajstić information content (AvgIpc) is 3.36. The quantitative estimate of drug-likeness (QED) is 0.454. The summed E-state index contributed by atoms with van der Waals surface area (Å²) in [5.41, 5.74) is 2.10. The highest BCUT2D eigenvalue weighted by Crippen LogP contribution is 2.31. The van der Waals surface area contributed by atoms with E-state index in [4.69, 9.17) is 19.4 Å². The average molecular weight is 556 g/mol. The lowest BCUT2D eigenvalue weighted by atomic mass is 9.94. The van der Waals surface area contributed by atoms with Crippen LogP contribution in [0.2, 0.25) is 0 Å². The molecule has 11 heteroatoms. The van der Waals surface area contributed by atoms with Gasteiger partial charge in [-0.3, -0.25) is 4.57 Å². The Labute approximate surface area is 233 Å². The van der Waals surface area contributed by atoms with Crippen LogP contribution in [0.1, 0.15) is 50.4 Å². The van der Waals surface area contributed by atoms with Gasteiger partial charge in [-0.2, -0.15) is 9.97 Å². The predicted octanol–water partition coefficient (Wildman–Crippen LogP) is 4.59. The second-order valence-electron chi connectivity index (χ2n) is 11.3. The Morgan fingerprint density at radius 1 is 0.950 bits per heavy atom. The largest absolute Gasteiger partial charge is 0.381 e. The number of imidazole rings is 1. The van der Waals surface area contributed by atoms with E-state index < -0.39 is 6.43 Å². The van der Waals surface area contributed by atoms with Crippen LogP contribution in [0.3, 0.4) is 0 Å². The van der Waals surface area contributed by atoms with Gasteiger partial charge >= 0.3 is 0 Å². The molecule has 0 radical (unpaired) electrons. The van der Waals surface area contributed by atoms with Crippen LogP contribution >= 0.6 is 0 Å². The number of alkyl halides is 2. The molecule has 3 fully saturated rings. The molecule has 1 N–H and O–H groups in total. The fourth-order valence-electron chi connectivity index (χ4n) is 6.23. The van der Waals surface area contributed by atoms with Crippen molar-refractivity contribution in [1.29, 1.82) is 0 Å². The first-order chi connectivity index (χ1) is 19.5. The third-order valence-electron chi connectivity index (χ3n) is 8.53. The number of hydrogen-bond acceptors (Lipinski definition) is 8. The van der Waals surface area contributed by atoms with Crippen molar-refractivity contribution in [2.24, 2.45) is 5.92 Å². The first kappa shape index (κ1) is 27.3. The van der Waals surface area contributed by atoms with Crippen LogP contribution in [-0.4, -0.2) is 89.1 Å². The van der Waals surface area contributed by atoms with Crippen molar-refractivity contribution in [1.82, 2.24) is 24.4 Å². The fourth-order valence-corrected chi connectivity index (χ4v) is 6.23. The normalized spacial score (nSPS) is 21.9. The highest BCUT2D eigenvalue weighted by molar-refractivity contribution is 5.79. The van der Waals surface area contributed by atoms with Crippen LogP contribution in [0.15, 0.2) is 24.3 Å². The van der Waals surface area contributed by atoms with E-state index >= 15 is 0 Å². The molecule has 3 aliphatic rings. The lowest BCUT2D eigenvalue weighted by Crippen LogP contribution is -2.45. The molecule has 0 amide bonds. The van der Waals surface area contributed by atoms with E-state index in [9.17, 15) is 8.78 Å². The molecule has 0 spiro atoms. The summed E-state index contributed by atoms with van der Waals surface area (Å²) < 4.78 is 41.2. The molecule has 40 heavy (non-hydrogen) atoms. The van der Waals surface area contributed by atoms with Crippen molar-refractivity contribution in [2.45, 2.75) is 58.0 Å². The van der Waals surface area contributed by atoms with E-state index in [1.54, 1.807) is 12.1 Å². The SMILES string of the molecule is Cc1ccc2nc(C(F)F)n(-c3cc(N4CCOC[C@H]4C)nc(NCC4CCN(C5CCOCC5)CC4)n3)c2c1. The van der Waals surface area contributed by atoms with Crippen molar-refractivity contribution in [3.8, 4) is 5.82 Å². The number of halogens is 2. The third kappa shape index (κ3) is 5.77. The number of fused-ring (bicyclic) bond motifs is 1. The van der Waals surface area contributed by atoms with Gasteiger partial charge < -0.3 is 24.6 Å². The number of hydrogen-bond donors (Lipinski definition) is 1. The van der Waals surface area contributed by atoms with Crippen molar-refractivity contribution < 1.29 is 18.3 Å². The van der Waals surface area contributed by atoms with Crippen LogP contribution in [-0.2, 0) is 9.47 Å². The van der Waals surface area contributed by atoms with Gasteiger partial charge in [0.1, 0.15) is 11.6 Å². The maximum atomic E-state index is 14.2. The molecule has 5 heterocycles. The molecule has 0 unspecified atom stereocenters. The zero-order valence-electron chi connectivity index (χ0n) is 23.4. The number of aryl methyl sites for hydroxylation is 1. The number of rotatable bonds is 7. The van der Waals surface area contributed by atoms with Gasteiger partial charge in [0.15, 0.2) is 5.82 Å². The lowest BCUT2D eigenvalue weighted by Gasteiger charge is -2.39. The van der Waals surface area contributed by atoms with E-state index in [1.807, 2.05) is 19.1 Å². The number of nitrogens with one attached hydrogen (secondary N) is 1. The van der Waals surface area contributed by atoms with Gasteiger partial charge in [-0.1, -0.05) is 6.07 Å². The molecule has 0 saturated carbocycles. The zero-order chi connectivity index (χ0) is 27.6. The van der Waals surface area contributed by atoms with Crippen molar-refractivity contribution >= 4 is 22.8 Å². The van der Waals surface area contributed by atoms with E-state index in [2.05, 4.69) is 27.0 Å². The Morgan fingerprint density at radius 3 is 2.48 bits per heavy atom. The van der Waals surface area contributed by atoms with Gasteiger partial charge in [0.25, 0.3) is 6.43 Å². The van der Waals surface area contributed by atoms with Crippen molar-refractivity contribution in [3.63, 3.8) is 0 Å². The highest BCUT2D eigenvalue weighted by atomic mass is 19.3. The zero-order valence-corrected chi connectivity index (χ0v) is 23.4. The lowest BCUT2D eigenvalue weighted by molar-refractivity contribution is 0.0219. The Morgan fingerprint density at radius 2 is 1.73 bits per heavy atom. The number of nitrogens with zero attached hydrogens (tertiary/aromatic N) is 6. The van der Waals surface area contributed by atoms with E-state index in [0.29, 0.717) is 60.3 Å². The van der Waals surface area contributed by atoms with Crippen LogP contribution in [0.5, 0.6) is 0 Å². The van der Waals surface area contributed by atoms with Crippen molar-refractivity contribution in [2.75, 3.05) is 62.8 Å². The Balaban J connectivity index is 1.27. The van der Waals surface area contributed by atoms with Gasteiger partial charge in [-0.15, -0.1) is 0 Å². The molecule has 2 aromatic heterocycles. The van der Waals surface area contributed by atoms with E-state index in [1.165, 1.54) is 4.57 Å². The number of anilines is 2. The number of morpholine rings is 1. The smallest absolute Gasteiger partial charge is 0.296 e. The fraction of sp³-hybridized carbons (Fsp3) is 0.621. The van der Waals surface area contributed by atoms with Crippen LogP contribution in [0.25, 0.3) is 16.9 Å². The molecule has 3 aromatic rings. The number of piperidine rings is 1. The minimum Gasteiger partial charge on any atom is -0.381 e. The number of benzene rings is 1. The Bertz CT molecular complexity index is 1310.